The highest BCUT2D eigenvalue weighted by atomic mass is 19.1. The van der Waals surface area contributed by atoms with Crippen molar-refractivity contribution in [2.45, 2.75) is 38.2 Å². The summed E-state index contributed by atoms with van der Waals surface area (Å²) in [6, 6.07) is 3.67. The predicted molar refractivity (Wildman–Crippen MR) is 75.7 cm³/mol. The Bertz CT molecular complexity index is 507. The first-order valence-corrected chi connectivity index (χ1v) is 6.95. The minimum Gasteiger partial charge on any atom is -0.398 e. The Labute approximate surface area is 118 Å². The van der Waals surface area contributed by atoms with E-state index in [1.54, 1.807) is 0 Å². The lowest BCUT2D eigenvalue weighted by molar-refractivity contribution is -0.0109. The van der Waals surface area contributed by atoms with Crippen LogP contribution in [0.2, 0.25) is 0 Å². The second kappa shape index (κ2) is 5.79. The number of nitrogens with two attached hydrogens (primary N) is 1. The first-order chi connectivity index (χ1) is 9.39. The van der Waals surface area contributed by atoms with Gasteiger partial charge < -0.3 is 16.2 Å². The number of halogens is 1. The Morgan fingerprint density at radius 1 is 1.60 bits per heavy atom. The summed E-state index contributed by atoms with van der Waals surface area (Å²) in [6.07, 6.45) is 3.45. The molecule has 0 bridgehead atoms. The maximum absolute atomic E-state index is 12.9. The lowest BCUT2D eigenvalue weighted by atomic mass is 9.79. The van der Waals surface area contributed by atoms with Crippen molar-refractivity contribution in [1.29, 1.82) is 0 Å². The van der Waals surface area contributed by atoms with Crippen LogP contribution in [0.5, 0.6) is 0 Å². The third-order valence-corrected chi connectivity index (χ3v) is 3.90. The van der Waals surface area contributed by atoms with Crippen LogP contribution >= 0.6 is 0 Å². The second-order valence-electron chi connectivity index (χ2n) is 5.84. The standard InChI is InChI=1S/C15H21FN2O2/c1-10-3-2-6-15(20,8-10)9-18-14(19)12-5-4-11(16)7-13(12)17/h4-5,7,10,20H,2-3,6,8-9,17H2,1H3,(H,18,19). The maximum atomic E-state index is 12.9. The number of nitrogens with one attached hydrogen (secondary N) is 1. The van der Waals surface area contributed by atoms with Gasteiger partial charge in [0, 0.05) is 12.2 Å². The number of anilines is 1. The predicted octanol–water partition coefficient (Wildman–Crippen LogP) is 2.08. The van der Waals surface area contributed by atoms with Crippen molar-refractivity contribution in [1.82, 2.24) is 5.32 Å². The molecule has 0 saturated heterocycles. The molecule has 1 aromatic carbocycles. The van der Waals surface area contributed by atoms with Gasteiger partial charge in [-0.3, -0.25) is 4.79 Å². The summed E-state index contributed by atoms with van der Waals surface area (Å²) in [6.45, 7) is 2.30. The zero-order valence-electron chi connectivity index (χ0n) is 11.7. The molecule has 1 fully saturated rings. The lowest BCUT2D eigenvalue weighted by Gasteiger charge is -2.35. The molecule has 1 aromatic rings. The zero-order chi connectivity index (χ0) is 14.8. The Morgan fingerprint density at radius 2 is 2.35 bits per heavy atom. The van der Waals surface area contributed by atoms with E-state index in [-0.39, 0.29) is 23.7 Å². The molecule has 110 valence electrons. The van der Waals surface area contributed by atoms with Gasteiger partial charge in [-0.2, -0.15) is 0 Å². The molecule has 2 rings (SSSR count). The van der Waals surface area contributed by atoms with Crippen molar-refractivity contribution in [2.24, 2.45) is 5.92 Å². The number of carbonyl (C=O) groups is 1. The van der Waals surface area contributed by atoms with Crippen LogP contribution in [0.25, 0.3) is 0 Å². The van der Waals surface area contributed by atoms with E-state index in [0.717, 1.165) is 18.9 Å². The molecule has 1 amide bonds. The lowest BCUT2D eigenvalue weighted by Crippen LogP contribution is -2.45. The molecule has 0 aliphatic heterocycles. The molecule has 5 heteroatoms. The van der Waals surface area contributed by atoms with Crippen LogP contribution in [0.1, 0.15) is 43.0 Å². The average molecular weight is 280 g/mol. The summed E-state index contributed by atoms with van der Waals surface area (Å²) in [5.74, 6) is -0.394. The Morgan fingerprint density at radius 3 is 3.00 bits per heavy atom. The van der Waals surface area contributed by atoms with E-state index in [4.69, 9.17) is 5.73 Å². The summed E-state index contributed by atoms with van der Waals surface area (Å²) in [5, 5.41) is 13.1. The van der Waals surface area contributed by atoms with Crippen LogP contribution in [0, 0.1) is 11.7 Å². The first kappa shape index (κ1) is 14.8. The molecule has 4 nitrogen and oxygen atoms in total. The molecular formula is C15H21FN2O2. The van der Waals surface area contributed by atoms with Gasteiger partial charge in [-0.1, -0.05) is 19.8 Å². The summed E-state index contributed by atoms with van der Waals surface area (Å²) in [5.41, 5.74) is 5.12. The maximum Gasteiger partial charge on any atom is 0.253 e. The van der Waals surface area contributed by atoms with E-state index in [9.17, 15) is 14.3 Å². The highest BCUT2D eigenvalue weighted by molar-refractivity contribution is 5.99. The molecule has 0 heterocycles. The third kappa shape index (κ3) is 3.48. The van der Waals surface area contributed by atoms with E-state index < -0.39 is 11.4 Å². The van der Waals surface area contributed by atoms with Gasteiger partial charge in [0.1, 0.15) is 5.82 Å². The van der Waals surface area contributed by atoms with Crippen LogP contribution < -0.4 is 11.1 Å². The molecule has 2 unspecified atom stereocenters. The molecule has 4 N–H and O–H groups in total. The Kier molecular flexibility index (Phi) is 4.28. The van der Waals surface area contributed by atoms with Gasteiger partial charge in [-0.25, -0.2) is 4.39 Å². The van der Waals surface area contributed by atoms with Gasteiger partial charge in [-0.15, -0.1) is 0 Å². The van der Waals surface area contributed by atoms with E-state index in [1.165, 1.54) is 12.1 Å². The fourth-order valence-electron chi connectivity index (χ4n) is 2.87. The normalized spacial score (nSPS) is 26.2. The van der Waals surface area contributed by atoms with E-state index in [0.29, 0.717) is 18.8 Å². The fourth-order valence-corrected chi connectivity index (χ4v) is 2.87. The van der Waals surface area contributed by atoms with Crippen LogP contribution in [0.4, 0.5) is 10.1 Å². The number of hydrogen-bond acceptors (Lipinski definition) is 3. The molecule has 1 aliphatic carbocycles. The van der Waals surface area contributed by atoms with E-state index in [1.807, 2.05) is 0 Å². The number of hydrogen-bond donors (Lipinski definition) is 3. The zero-order valence-corrected chi connectivity index (χ0v) is 11.7. The van der Waals surface area contributed by atoms with Crippen molar-refractivity contribution in [2.75, 3.05) is 12.3 Å². The van der Waals surface area contributed by atoms with Gasteiger partial charge in [0.2, 0.25) is 0 Å². The molecule has 0 radical (unpaired) electrons. The second-order valence-corrected chi connectivity index (χ2v) is 5.84. The van der Waals surface area contributed by atoms with Gasteiger partial charge in [0.05, 0.1) is 11.2 Å². The van der Waals surface area contributed by atoms with Gasteiger partial charge >= 0.3 is 0 Å². The highest BCUT2D eigenvalue weighted by Crippen LogP contribution is 2.31. The Hall–Kier alpha value is -1.62. The summed E-state index contributed by atoms with van der Waals surface area (Å²) in [4.78, 5) is 12.0. The van der Waals surface area contributed by atoms with E-state index >= 15 is 0 Å². The quantitative estimate of drug-likeness (QED) is 0.742. The molecule has 1 aliphatic rings. The fraction of sp³-hybridized carbons (Fsp3) is 0.533. The van der Waals surface area contributed by atoms with Crippen LogP contribution in [-0.2, 0) is 0 Å². The van der Waals surface area contributed by atoms with Crippen LogP contribution in [-0.4, -0.2) is 23.2 Å². The smallest absolute Gasteiger partial charge is 0.253 e. The van der Waals surface area contributed by atoms with Crippen LogP contribution in [0.15, 0.2) is 18.2 Å². The number of aliphatic hydroxyl groups is 1. The first-order valence-electron chi connectivity index (χ1n) is 6.95. The number of benzene rings is 1. The largest absolute Gasteiger partial charge is 0.398 e. The monoisotopic (exact) mass is 280 g/mol. The van der Waals surface area contributed by atoms with Gasteiger partial charge in [0.15, 0.2) is 0 Å². The number of rotatable bonds is 3. The van der Waals surface area contributed by atoms with E-state index in [2.05, 4.69) is 12.2 Å². The highest BCUT2D eigenvalue weighted by Gasteiger charge is 2.33. The van der Waals surface area contributed by atoms with Crippen molar-refractivity contribution >= 4 is 11.6 Å². The number of amides is 1. The van der Waals surface area contributed by atoms with Crippen molar-refractivity contribution in [3.8, 4) is 0 Å². The minimum absolute atomic E-state index is 0.103. The summed E-state index contributed by atoms with van der Waals surface area (Å²) < 4.78 is 12.9. The van der Waals surface area contributed by atoms with Crippen molar-refractivity contribution in [3.05, 3.63) is 29.6 Å². The SMILES string of the molecule is CC1CCCC(O)(CNC(=O)c2ccc(F)cc2N)C1. The molecular weight excluding hydrogens is 259 g/mol. The molecule has 2 atom stereocenters. The van der Waals surface area contributed by atoms with Crippen LogP contribution in [0.3, 0.4) is 0 Å². The number of carbonyl (C=O) groups excluding carboxylic acids is 1. The van der Waals surface area contributed by atoms with Crippen molar-refractivity contribution < 1.29 is 14.3 Å². The molecule has 1 saturated carbocycles. The van der Waals surface area contributed by atoms with Gasteiger partial charge in [-0.05, 0) is 37.0 Å². The average Bonchev–Trinajstić information content (AvgIpc) is 2.36. The molecule has 0 spiro atoms. The molecule has 20 heavy (non-hydrogen) atoms. The topological polar surface area (TPSA) is 75.3 Å². The third-order valence-electron chi connectivity index (χ3n) is 3.90. The summed E-state index contributed by atoms with van der Waals surface area (Å²) in [7, 11) is 0. The molecule has 0 aromatic heterocycles. The van der Waals surface area contributed by atoms with Crippen molar-refractivity contribution in [3.63, 3.8) is 0 Å². The minimum atomic E-state index is -0.845. The van der Waals surface area contributed by atoms with Gasteiger partial charge in [0.25, 0.3) is 5.91 Å². The number of nitrogen functional groups attached to an aromatic ring is 1. The summed E-state index contributed by atoms with van der Waals surface area (Å²) >= 11 is 0. The Balaban J connectivity index is 1.98.